The number of nitrogens with two attached hydrogens (primary N) is 1. The van der Waals surface area contributed by atoms with Crippen molar-refractivity contribution in [1.82, 2.24) is 4.98 Å². The van der Waals surface area contributed by atoms with Gasteiger partial charge in [-0.1, -0.05) is 0 Å². The van der Waals surface area contributed by atoms with Gasteiger partial charge in [-0.15, -0.1) is 0 Å². The Morgan fingerprint density at radius 3 is 2.71 bits per heavy atom. The third kappa shape index (κ3) is 3.99. The molecule has 0 aliphatic heterocycles. The van der Waals surface area contributed by atoms with E-state index in [9.17, 15) is 14.9 Å². The molecule has 1 amide bonds. The zero-order chi connectivity index (χ0) is 15.4. The van der Waals surface area contributed by atoms with Gasteiger partial charge < -0.3 is 11.1 Å². The average molecular weight is 351 g/mol. The minimum absolute atomic E-state index is 0.0555. The number of rotatable bonds is 4. The van der Waals surface area contributed by atoms with E-state index in [1.165, 1.54) is 24.4 Å². The van der Waals surface area contributed by atoms with E-state index < -0.39 is 4.92 Å². The summed E-state index contributed by atoms with van der Waals surface area (Å²) in [5, 5.41) is 13.3. The van der Waals surface area contributed by atoms with Gasteiger partial charge in [0, 0.05) is 22.3 Å². The van der Waals surface area contributed by atoms with E-state index in [4.69, 9.17) is 5.73 Å². The zero-order valence-electron chi connectivity index (χ0n) is 10.7. The molecule has 0 aliphatic carbocycles. The Morgan fingerprint density at radius 2 is 2.14 bits per heavy atom. The Kier molecular flexibility index (Phi) is 4.49. The third-order valence-electron chi connectivity index (χ3n) is 2.63. The molecular weight excluding hydrogens is 340 g/mol. The van der Waals surface area contributed by atoms with Crippen molar-refractivity contribution in [3.63, 3.8) is 0 Å². The van der Waals surface area contributed by atoms with E-state index >= 15 is 0 Å². The molecule has 3 N–H and O–H groups in total. The van der Waals surface area contributed by atoms with Gasteiger partial charge in [-0.05, 0) is 34.1 Å². The van der Waals surface area contributed by atoms with Gasteiger partial charge in [0.1, 0.15) is 0 Å². The van der Waals surface area contributed by atoms with Crippen molar-refractivity contribution < 1.29 is 9.72 Å². The number of pyridine rings is 1. The number of hydrogen-bond acceptors (Lipinski definition) is 5. The summed E-state index contributed by atoms with van der Waals surface area (Å²) in [5.41, 5.74) is 7.03. The second-order valence-corrected chi connectivity index (χ2v) is 5.08. The third-order valence-corrected chi connectivity index (χ3v) is 3.28. The molecule has 2 aromatic rings. The molecule has 1 heterocycles. The fraction of sp³-hybridized carbons (Fsp3) is 0.0769. The van der Waals surface area contributed by atoms with Crippen LogP contribution in [-0.2, 0) is 11.2 Å². The van der Waals surface area contributed by atoms with Gasteiger partial charge >= 0.3 is 0 Å². The number of carbonyl (C=O) groups is 1. The molecule has 0 atom stereocenters. The number of nitrogens with one attached hydrogen (secondary N) is 1. The SMILES string of the molecule is Nc1ccc(CC(=O)Nc2ccc([N+](=O)[O-])cc2Br)nc1. The second kappa shape index (κ2) is 6.31. The maximum Gasteiger partial charge on any atom is 0.270 e. The standard InChI is InChI=1S/C13H11BrN4O3/c14-11-6-10(18(20)21)3-4-12(11)17-13(19)5-9-2-1-8(15)7-16-9/h1-4,6-7H,5,15H2,(H,17,19). The van der Waals surface area contributed by atoms with Crippen LogP contribution in [0.3, 0.4) is 0 Å². The Morgan fingerprint density at radius 1 is 1.38 bits per heavy atom. The normalized spacial score (nSPS) is 10.1. The number of non-ortho nitro benzene ring substituents is 1. The van der Waals surface area contributed by atoms with E-state index in [2.05, 4.69) is 26.2 Å². The number of benzene rings is 1. The molecule has 1 aromatic carbocycles. The molecule has 0 spiro atoms. The van der Waals surface area contributed by atoms with Crippen molar-refractivity contribution in [2.45, 2.75) is 6.42 Å². The molecule has 108 valence electrons. The lowest BCUT2D eigenvalue weighted by atomic mass is 10.2. The molecule has 0 saturated carbocycles. The second-order valence-electron chi connectivity index (χ2n) is 4.23. The van der Waals surface area contributed by atoms with E-state index in [1.807, 2.05) is 0 Å². The van der Waals surface area contributed by atoms with Crippen LogP contribution in [0.2, 0.25) is 0 Å². The minimum Gasteiger partial charge on any atom is -0.397 e. The van der Waals surface area contributed by atoms with Gasteiger partial charge in [0.25, 0.3) is 5.69 Å². The van der Waals surface area contributed by atoms with Crippen LogP contribution in [0.4, 0.5) is 17.1 Å². The Labute approximate surface area is 128 Å². The summed E-state index contributed by atoms with van der Waals surface area (Å²) < 4.78 is 0.440. The maximum atomic E-state index is 11.9. The lowest BCUT2D eigenvalue weighted by Gasteiger charge is -2.07. The number of hydrogen-bond donors (Lipinski definition) is 2. The molecule has 0 unspecified atom stereocenters. The van der Waals surface area contributed by atoms with Gasteiger partial charge in [-0.3, -0.25) is 19.9 Å². The van der Waals surface area contributed by atoms with Crippen molar-refractivity contribution in [2.75, 3.05) is 11.1 Å². The molecule has 0 radical (unpaired) electrons. The minimum atomic E-state index is -0.505. The van der Waals surface area contributed by atoms with E-state index in [0.29, 0.717) is 21.5 Å². The first kappa shape index (κ1) is 14.9. The van der Waals surface area contributed by atoms with Gasteiger partial charge in [0.2, 0.25) is 5.91 Å². The lowest BCUT2D eigenvalue weighted by Crippen LogP contribution is -2.15. The molecule has 0 saturated heterocycles. The maximum absolute atomic E-state index is 11.9. The van der Waals surface area contributed by atoms with Crippen LogP contribution in [0, 0.1) is 10.1 Å². The summed E-state index contributed by atoms with van der Waals surface area (Å²) >= 11 is 3.19. The van der Waals surface area contributed by atoms with Crippen LogP contribution in [0.5, 0.6) is 0 Å². The molecule has 0 aliphatic rings. The quantitative estimate of drug-likeness (QED) is 0.649. The summed E-state index contributed by atoms with van der Waals surface area (Å²) in [5.74, 6) is -0.276. The number of nitro benzene ring substituents is 1. The highest BCUT2D eigenvalue weighted by Crippen LogP contribution is 2.27. The number of nitrogens with zero attached hydrogens (tertiary/aromatic N) is 2. The molecule has 7 nitrogen and oxygen atoms in total. The van der Waals surface area contributed by atoms with Crippen LogP contribution < -0.4 is 11.1 Å². The Bertz CT molecular complexity index is 688. The zero-order valence-corrected chi connectivity index (χ0v) is 12.3. The summed E-state index contributed by atoms with van der Waals surface area (Å²) in [6, 6.07) is 7.45. The number of nitro groups is 1. The first-order valence-electron chi connectivity index (χ1n) is 5.90. The van der Waals surface area contributed by atoms with Gasteiger partial charge in [0.05, 0.1) is 28.9 Å². The lowest BCUT2D eigenvalue weighted by molar-refractivity contribution is -0.384. The monoisotopic (exact) mass is 350 g/mol. The predicted molar refractivity (Wildman–Crippen MR) is 81.8 cm³/mol. The fourth-order valence-corrected chi connectivity index (χ4v) is 2.08. The number of anilines is 2. The Balaban J connectivity index is 2.06. The van der Waals surface area contributed by atoms with Crippen molar-refractivity contribution in [3.8, 4) is 0 Å². The number of aromatic nitrogens is 1. The molecule has 2 rings (SSSR count). The van der Waals surface area contributed by atoms with E-state index in [1.54, 1.807) is 12.1 Å². The number of amides is 1. The smallest absolute Gasteiger partial charge is 0.270 e. The molecule has 0 bridgehead atoms. The highest BCUT2D eigenvalue weighted by atomic mass is 79.9. The first-order valence-corrected chi connectivity index (χ1v) is 6.69. The number of halogens is 1. The Hall–Kier alpha value is -2.48. The van der Waals surface area contributed by atoms with Crippen molar-refractivity contribution in [3.05, 3.63) is 56.8 Å². The fourth-order valence-electron chi connectivity index (χ4n) is 1.62. The molecule has 1 aromatic heterocycles. The van der Waals surface area contributed by atoms with E-state index in [-0.39, 0.29) is 18.0 Å². The number of carbonyl (C=O) groups excluding carboxylic acids is 1. The number of nitrogen functional groups attached to an aromatic ring is 1. The predicted octanol–water partition coefficient (Wildman–Crippen LogP) is 2.52. The van der Waals surface area contributed by atoms with Gasteiger partial charge in [-0.2, -0.15) is 0 Å². The van der Waals surface area contributed by atoms with Crippen LogP contribution in [0.25, 0.3) is 0 Å². The van der Waals surface area contributed by atoms with Crippen LogP contribution in [0.15, 0.2) is 41.0 Å². The summed E-state index contributed by atoms with van der Waals surface area (Å²) in [6.45, 7) is 0. The van der Waals surface area contributed by atoms with Crippen LogP contribution in [-0.4, -0.2) is 15.8 Å². The summed E-state index contributed by atoms with van der Waals surface area (Å²) in [6.07, 6.45) is 1.56. The van der Waals surface area contributed by atoms with Crippen LogP contribution >= 0.6 is 15.9 Å². The highest BCUT2D eigenvalue weighted by Gasteiger charge is 2.11. The molecule has 21 heavy (non-hydrogen) atoms. The van der Waals surface area contributed by atoms with Crippen LogP contribution in [0.1, 0.15) is 5.69 Å². The molecule has 8 heteroatoms. The van der Waals surface area contributed by atoms with Gasteiger partial charge in [0.15, 0.2) is 0 Å². The average Bonchev–Trinajstić information content (AvgIpc) is 2.43. The van der Waals surface area contributed by atoms with Crippen molar-refractivity contribution >= 4 is 38.9 Å². The summed E-state index contributed by atoms with van der Waals surface area (Å²) in [7, 11) is 0. The molecular formula is C13H11BrN4O3. The van der Waals surface area contributed by atoms with Crippen molar-refractivity contribution in [1.29, 1.82) is 0 Å². The highest BCUT2D eigenvalue weighted by molar-refractivity contribution is 9.10. The summed E-state index contributed by atoms with van der Waals surface area (Å²) in [4.78, 5) is 26.1. The largest absolute Gasteiger partial charge is 0.397 e. The topological polar surface area (TPSA) is 111 Å². The van der Waals surface area contributed by atoms with E-state index in [0.717, 1.165) is 0 Å². The first-order chi connectivity index (χ1) is 9.95. The van der Waals surface area contributed by atoms with Crippen molar-refractivity contribution in [2.24, 2.45) is 0 Å². The molecule has 0 fully saturated rings. The van der Waals surface area contributed by atoms with Gasteiger partial charge in [-0.25, -0.2) is 0 Å².